The van der Waals surface area contributed by atoms with Crippen LogP contribution in [-0.4, -0.2) is 0 Å². The van der Waals surface area contributed by atoms with E-state index in [0.29, 0.717) is 23.1 Å². The van der Waals surface area contributed by atoms with Crippen molar-refractivity contribution in [2.75, 3.05) is 5.73 Å². The summed E-state index contributed by atoms with van der Waals surface area (Å²) in [6.45, 7) is 2.18. The molecule has 94 valence electrons. The monoisotopic (exact) mass is 265 g/mol. The molecule has 2 aromatic rings. The zero-order valence-electron chi connectivity index (χ0n) is 9.91. The molecule has 0 atom stereocenters. The summed E-state index contributed by atoms with van der Waals surface area (Å²) in [7, 11) is 0. The van der Waals surface area contributed by atoms with Gasteiger partial charge in [0.2, 0.25) is 0 Å². The first-order valence-electron chi connectivity index (χ1n) is 5.49. The number of nitrogens with two attached hydrogens (primary N) is 1. The van der Waals surface area contributed by atoms with E-state index in [9.17, 15) is 4.39 Å². The molecule has 0 spiro atoms. The summed E-state index contributed by atoms with van der Waals surface area (Å²) in [6, 6.07) is 9.67. The fourth-order valence-electron chi connectivity index (χ4n) is 1.61. The number of anilines is 1. The van der Waals surface area contributed by atoms with Crippen molar-refractivity contribution in [3.05, 3.63) is 58.4 Å². The van der Waals surface area contributed by atoms with Gasteiger partial charge in [-0.2, -0.15) is 0 Å². The quantitative estimate of drug-likeness (QED) is 0.853. The second-order valence-electron chi connectivity index (χ2n) is 4.05. The molecule has 0 saturated heterocycles. The molecule has 2 rings (SSSR count). The minimum atomic E-state index is -0.248. The SMILES string of the molecule is Cc1cc(F)ccc1COc1ccc(N)cc1Cl. The Kier molecular flexibility index (Phi) is 3.72. The molecule has 0 unspecified atom stereocenters. The Morgan fingerprint density at radius 3 is 2.67 bits per heavy atom. The molecule has 0 bridgehead atoms. The maximum Gasteiger partial charge on any atom is 0.138 e. The number of aryl methyl sites for hydroxylation is 1. The molecule has 0 radical (unpaired) electrons. The van der Waals surface area contributed by atoms with Crippen LogP contribution in [0.4, 0.5) is 10.1 Å². The summed E-state index contributed by atoms with van der Waals surface area (Å²) in [5.41, 5.74) is 7.95. The summed E-state index contributed by atoms with van der Waals surface area (Å²) >= 11 is 6.00. The van der Waals surface area contributed by atoms with Crippen molar-refractivity contribution in [1.29, 1.82) is 0 Å². The lowest BCUT2D eigenvalue weighted by Gasteiger charge is -2.10. The number of hydrogen-bond acceptors (Lipinski definition) is 2. The largest absolute Gasteiger partial charge is 0.487 e. The molecule has 4 heteroatoms. The molecule has 2 aromatic carbocycles. The Hall–Kier alpha value is -1.74. The predicted octanol–water partition coefficient (Wildman–Crippen LogP) is 3.95. The van der Waals surface area contributed by atoms with Gasteiger partial charge in [0.15, 0.2) is 0 Å². The van der Waals surface area contributed by atoms with Crippen LogP contribution in [0, 0.1) is 12.7 Å². The summed E-state index contributed by atoms with van der Waals surface area (Å²) in [5.74, 6) is 0.316. The van der Waals surface area contributed by atoms with E-state index >= 15 is 0 Å². The van der Waals surface area contributed by atoms with Crippen molar-refractivity contribution in [3.8, 4) is 5.75 Å². The van der Waals surface area contributed by atoms with Gasteiger partial charge in [-0.15, -0.1) is 0 Å². The first kappa shape index (κ1) is 12.7. The van der Waals surface area contributed by atoms with Gasteiger partial charge < -0.3 is 10.5 Å². The van der Waals surface area contributed by atoms with Crippen molar-refractivity contribution in [2.45, 2.75) is 13.5 Å². The summed E-state index contributed by atoms with van der Waals surface area (Å²) < 4.78 is 18.5. The van der Waals surface area contributed by atoms with Crippen molar-refractivity contribution >= 4 is 17.3 Å². The van der Waals surface area contributed by atoms with Gasteiger partial charge in [-0.3, -0.25) is 0 Å². The first-order chi connectivity index (χ1) is 8.56. The summed E-state index contributed by atoms with van der Waals surface area (Å²) in [4.78, 5) is 0. The lowest BCUT2D eigenvalue weighted by Crippen LogP contribution is -1.99. The highest BCUT2D eigenvalue weighted by molar-refractivity contribution is 6.32. The van der Waals surface area contributed by atoms with Crippen LogP contribution >= 0.6 is 11.6 Å². The van der Waals surface area contributed by atoms with Crippen LogP contribution in [0.3, 0.4) is 0 Å². The fourth-order valence-corrected chi connectivity index (χ4v) is 1.85. The third-order valence-electron chi connectivity index (χ3n) is 2.64. The van der Waals surface area contributed by atoms with E-state index in [2.05, 4.69) is 0 Å². The van der Waals surface area contributed by atoms with E-state index in [0.717, 1.165) is 11.1 Å². The van der Waals surface area contributed by atoms with Gasteiger partial charge in [-0.25, -0.2) is 4.39 Å². The molecule has 0 aliphatic carbocycles. The maximum atomic E-state index is 12.9. The van der Waals surface area contributed by atoms with Crippen LogP contribution in [0.25, 0.3) is 0 Å². The maximum absolute atomic E-state index is 12.9. The van der Waals surface area contributed by atoms with Crippen LogP contribution in [-0.2, 0) is 6.61 Å². The molecular formula is C14H13ClFNO. The Bertz CT molecular complexity index is 520. The Morgan fingerprint density at radius 2 is 2.00 bits per heavy atom. The zero-order chi connectivity index (χ0) is 13.1. The molecule has 0 amide bonds. The van der Waals surface area contributed by atoms with Gasteiger partial charge in [0.25, 0.3) is 0 Å². The Labute approximate surface area is 110 Å². The molecule has 0 aliphatic rings. The number of rotatable bonds is 3. The fraction of sp³-hybridized carbons (Fsp3) is 0.143. The van der Waals surface area contributed by atoms with E-state index in [-0.39, 0.29) is 5.82 Å². The van der Waals surface area contributed by atoms with E-state index in [1.807, 2.05) is 6.92 Å². The molecule has 0 saturated carbocycles. The van der Waals surface area contributed by atoms with Crippen LogP contribution < -0.4 is 10.5 Å². The number of benzene rings is 2. The van der Waals surface area contributed by atoms with Gasteiger partial charge in [0.1, 0.15) is 18.2 Å². The molecule has 0 heterocycles. The summed E-state index contributed by atoms with van der Waals surface area (Å²) in [6.07, 6.45) is 0. The lowest BCUT2D eigenvalue weighted by atomic mass is 10.1. The average molecular weight is 266 g/mol. The van der Waals surface area contributed by atoms with E-state index in [4.69, 9.17) is 22.1 Å². The zero-order valence-corrected chi connectivity index (χ0v) is 10.7. The normalized spacial score (nSPS) is 10.4. The van der Waals surface area contributed by atoms with Gasteiger partial charge in [-0.05, 0) is 48.4 Å². The van der Waals surface area contributed by atoms with Gasteiger partial charge in [0, 0.05) is 5.69 Å². The lowest BCUT2D eigenvalue weighted by molar-refractivity contribution is 0.305. The van der Waals surface area contributed by atoms with Crippen molar-refractivity contribution in [3.63, 3.8) is 0 Å². The standard InChI is InChI=1S/C14H13ClFNO/c1-9-6-11(16)3-2-10(9)8-18-14-5-4-12(17)7-13(14)15/h2-7H,8,17H2,1H3. The van der Waals surface area contributed by atoms with Gasteiger partial charge >= 0.3 is 0 Å². The van der Waals surface area contributed by atoms with Crippen LogP contribution in [0.2, 0.25) is 5.02 Å². The van der Waals surface area contributed by atoms with Crippen LogP contribution in [0.15, 0.2) is 36.4 Å². The highest BCUT2D eigenvalue weighted by Crippen LogP contribution is 2.27. The van der Waals surface area contributed by atoms with Crippen LogP contribution in [0.5, 0.6) is 5.75 Å². The average Bonchev–Trinajstić information content (AvgIpc) is 2.30. The third-order valence-corrected chi connectivity index (χ3v) is 2.94. The highest BCUT2D eigenvalue weighted by Gasteiger charge is 2.04. The number of nitrogen functional groups attached to an aromatic ring is 1. The van der Waals surface area contributed by atoms with E-state index in [1.165, 1.54) is 12.1 Å². The number of hydrogen-bond donors (Lipinski definition) is 1. The van der Waals surface area contributed by atoms with Gasteiger partial charge in [0.05, 0.1) is 5.02 Å². The van der Waals surface area contributed by atoms with Crippen molar-refractivity contribution in [1.82, 2.24) is 0 Å². The Balaban J connectivity index is 2.11. The smallest absolute Gasteiger partial charge is 0.138 e. The minimum absolute atomic E-state index is 0.248. The molecule has 0 fully saturated rings. The number of halogens is 2. The highest BCUT2D eigenvalue weighted by atomic mass is 35.5. The van der Waals surface area contributed by atoms with Gasteiger partial charge in [-0.1, -0.05) is 17.7 Å². The minimum Gasteiger partial charge on any atom is -0.487 e. The van der Waals surface area contributed by atoms with Crippen molar-refractivity contribution in [2.24, 2.45) is 0 Å². The van der Waals surface area contributed by atoms with Crippen molar-refractivity contribution < 1.29 is 9.13 Å². The topological polar surface area (TPSA) is 35.2 Å². The molecular weight excluding hydrogens is 253 g/mol. The molecule has 18 heavy (non-hydrogen) atoms. The molecule has 0 aliphatic heterocycles. The first-order valence-corrected chi connectivity index (χ1v) is 5.87. The predicted molar refractivity (Wildman–Crippen MR) is 71.3 cm³/mol. The summed E-state index contributed by atoms with van der Waals surface area (Å²) in [5, 5.41) is 0.467. The molecule has 0 aromatic heterocycles. The second kappa shape index (κ2) is 5.27. The van der Waals surface area contributed by atoms with E-state index in [1.54, 1.807) is 24.3 Å². The molecule has 2 N–H and O–H groups in total. The third kappa shape index (κ3) is 2.93. The Morgan fingerprint density at radius 1 is 1.22 bits per heavy atom. The number of ether oxygens (including phenoxy) is 1. The molecule has 2 nitrogen and oxygen atoms in total. The van der Waals surface area contributed by atoms with E-state index < -0.39 is 0 Å². The second-order valence-corrected chi connectivity index (χ2v) is 4.46. The van der Waals surface area contributed by atoms with Crippen LogP contribution in [0.1, 0.15) is 11.1 Å².